The van der Waals surface area contributed by atoms with Crippen LogP contribution in [-0.4, -0.2) is 40.7 Å². The highest BCUT2D eigenvalue weighted by atomic mass is 19.1. The van der Waals surface area contributed by atoms with Gasteiger partial charge in [-0.05, 0) is 12.1 Å². The van der Waals surface area contributed by atoms with Gasteiger partial charge in [-0.3, -0.25) is 0 Å². The largest absolute Gasteiger partial charge is 0.394 e. The van der Waals surface area contributed by atoms with Gasteiger partial charge in [-0.2, -0.15) is 5.26 Å². The van der Waals surface area contributed by atoms with Gasteiger partial charge in [0.1, 0.15) is 11.2 Å². The van der Waals surface area contributed by atoms with Crippen molar-refractivity contribution in [1.29, 1.82) is 5.26 Å². The molecule has 18 heavy (non-hydrogen) atoms. The van der Waals surface area contributed by atoms with Crippen LogP contribution in [0.4, 0.5) is 14.5 Å². The molecule has 5 nitrogen and oxygen atoms in total. The predicted molar refractivity (Wildman–Crippen MR) is 58.7 cm³/mol. The van der Waals surface area contributed by atoms with Crippen molar-refractivity contribution in [3.05, 3.63) is 29.3 Å². The maximum atomic E-state index is 13.5. The van der Waals surface area contributed by atoms with Gasteiger partial charge in [0.2, 0.25) is 0 Å². The average molecular weight is 258 g/mol. The van der Waals surface area contributed by atoms with E-state index in [2.05, 4.69) is 5.32 Å². The molecule has 0 aliphatic carbocycles. The van der Waals surface area contributed by atoms with Gasteiger partial charge >= 0.3 is 0 Å². The van der Waals surface area contributed by atoms with E-state index in [0.717, 1.165) is 12.1 Å². The molecule has 0 radical (unpaired) electrons. The Bertz CT molecular complexity index is 439. The molecule has 98 valence electrons. The molecule has 0 aliphatic rings. The number of nitrogens with one attached hydrogen (secondary N) is 1. The van der Waals surface area contributed by atoms with Crippen LogP contribution in [0.1, 0.15) is 5.56 Å². The third kappa shape index (κ3) is 2.73. The smallest absolute Gasteiger partial charge is 0.150 e. The van der Waals surface area contributed by atoms with E-state index in [1.54, 1.807) is 6.07 Å². The molecular weight excluding hydrogens is 246 g/mol. The summed E-state index contributed by atoms with van der Waals surface area (Å²) in [5.74, 6) is -2.10. The number of aliphatic hydroxyl groups is 3. The summed E-state index contributed by atoms with van der Waals surface area (Å²) in [6, 6.07) is 3.20. The van der Waals surface area contributed by atoms with Crippen LogP contribution in [0.3, 0.4) is 0 Å². The summed E-state index contributed by atoms with van der Waals surface area (Å²) in [6.45, 7) is -2.17. The van der Waals surface area contributed by atoms with E-state index >= 15 is 0 Å². The fraction of sp³-hybridized carbons (Fsp3) is 0.364. The summed E-state index contributed by atoms with van der Waals surface area (Å²) < 4.78 is 27.1. The molecule has 1 aromatic carbocycles. The van der Waals surface area contributed by atoms with Crippen LogP contribution in [0.2, 0.25) is 0 Å². The lowest BCUT2D eigenvalue weighted by molar-refractivity contribution is 0.0829. The zero-order valence-electron chi connectivity index (χ0n) is 9.32. The van der Waals surface area contributed by atoms with E-state index in [-0.39, 0.29) is 5.56 Å². The van der Waals surface area contributed by atoms with Crippen molar-refractivity contribution >= 4 is 5.69 Å². The van der Waals surface area contributed by atoms with E-state index in [1.165, 1.54) is 0 Å². The lowest BCUT2D eigenvalue weighted by Crippen LogP contribution is -2.49. The molecule has 0 unspecified atom stereocenters. The van der Waals surface area contributed by atoms with Crippen LogP contribution >= 0.6 is 0 Å². The number of rotatable bonds is 5. The monoisotopic (exact) mass is 258 g/mol. The summed E-state index contributed by atoms with van der Waals surface area (Å²) in [7, 11) is 0. The van der Waals surface area contributed by atoms with Crippen molar-refractivity contribution in [3.8, 4) is 6.07 Å². The quantitative estimate of drug-likeness (QED) is 0.594. The molecule has 0 spiro atoms. The predicted octanol–water partition coefficient (Wildman–Crippen LogP) is -0.0359. The lowest BCUT2D eigenvalue weighted by atomic mass is 10.0. The van der Waals surface area contributed by atoms with Gasteiger partial charge in [0.05, 0.1) is 31.5 Å². The number of hydrogen-bond acceptors (Lipinski definition) is 5. The Morgan fingerprint density at radius 1 is 1.11 bits per heavy atom. The molecule has 0 saturated carbocycles. The second kappa shape index (κ2) is 5.73. The molecule has 0 aromatic heterocycles. The van der Waals surface area contributed by atoms with Crippen LogP contribution in [-0.2, 0) is 0 Å². The number of hydrogen-bond donors (Lipinski definition) is 4. The normalized spacial score (nSPS) is 11.1. The van der Waals surface area contributed by atoms with Crippen LogP contribution < -0.4 is 5.32 Å². The highest BCUT2D eigenvalue weighted by Gasteiger charge is 2.30. The summed E-state index contributed by atoms with van der Waals surface area (Å²) in [5.41, 5.74) is -2.46. The highest BCUT2D eigenvalue weighted by Crippen LogP contribution is 2.24. The van der Waals surface area contributed by atoms with Gasteiger partial charge in [0.15, 0.2) is 11.6 Å². The Kier molecular flexibility index (Phi) is 4.55. The first-order chi connectivity index (χ1) is 8.51. The molecule has 1 rings (SSSR count). The maximum absolute atomic E-state index is 13.5. The Labute approximate surface area is 102 Å². The fourth-order valence-electron chi connectivity index (χ4n) is 1.29. The van der Waals surface area contributed by atoms with Gasteiger partial charge in [0, 0.05) is 0 Å². The van der Waals surface area contributed by atoms with Gasteiger partial charge in [-0.15, -0.1) is 0 Å². The van der Waals surface area contributed by atoms with E-state index < -0.39 is 42.7 Å². The lowest BCUT2D eigenvalue weighted by Gasteiger charge is -2.30. The molecule has 0 atom stereocenters. The van der Waals surface area contributed by atoms with E-state index in [0.29, 0.717) is 0 Å². The highest BCUT2D eigenvalue weighted by molar-refractivity contribution is 5.52. The number of anilines is 1. The summed E-state index contributed by atoms with van der Waals surface area (Å²) in [6.07, 6.45) is 0. The van der Waals surface area contributed by atoms with E-state index in [1.807, 2.05) is 0 Å². The molecule has 1 aromatic rings. The number of benzene rings is 1. The van der Waals surface area contributed by atoms with Crippen molar-refractivity contribution in [2.24, 2.45) is 0 Å². The second-order valence-electron chi connectivity index (χ2n) is 3.81. The van der Waals surface area contributed by atoms with Gasteiger partial charge in [-0.25, -0.2) is 8.78 Å². The van der Waals surface area contributed by atoms with Crippen molar-refractivity contribution in [2.75, 3.05) is 25.1 Å². The van der Waals surface area contributed by atoms with Gasteiger partial charge < -0.3 is 20.6 Å². The zero-order chi connectivity index (χ0) is 13.8. The Morgan fingerprint density at radius 3 is 1.89 bits per heavy atom. The molecule has 7 heteroatoms. The number of halogens is 2. The molecule has 0 aliphatic heterocycles. The number of aliphatic hydroxyl groups excluding tert-OH is 3. The van der Waals surface area contributed by atoms with Crippen molar-refractivity contribution in [1.82, 2.24) is 0 Å². The maximum Gasteiger partial charge on any atom is 0.150 e. The standard InChI is InChI=1S/C11H12F2N2O3/c12-8-1-7(3-14)2-9(13)10(8)15-11(4-16,5-17)6-18/h1-2,15-18H,4-6H2. The van der Waals surface area contributed by atoms with Crippen LogP contribution in [0.25, 0.3) is 0 Å². The van der Waals surface area contributed by atoms with Gasteiger partial charge in [-0.1, -0.05) is 0 Å². The zero-order valence-corrected chi connectivity index (χ0v) is 9.32. The SMILES string of the molecule is N#Cc1cc(F)c(NC(CO)(CO)CO)c(F)c1. The van der Waals surface area contributed by atoms with Crippen LogP contribution in [0.5, 0.6) is 0 Å². The van der Waals surface area contributed by atoms with Crippen molar-refractivity contribution in [3.63, 3.8) is 0 Å². The minimum absolute atomic E-state index is 0.196. The fourth-order valence-corrected chi connectivity index (χ4v) is 1.29. The topological polar surface area (TPSA) is 96.5 Å². The van der Waals surface area contributed by atoms with Crippen LogP contribution in [0, 0.1) is 23.0 Å². The average Bonchev–Trinajstić information content (AvgIpc) is 2.39. The number of nitrogens with zero attached hydrogens (tertiary/aromatic N) is 1. The van der Waals surface area contributed by atoms with Crippen molar-refractivity contribution in [2.45, 2.75) is 5.54 Å². The Morgan fingerprint density at radius 2 is 1.56 bits per heavy atom. The molecular formula is C11H12F2N2O3. The van der Waals surface area contributed by atoms with Gasteiger partial charge in [0.25, 0.3) is 0 Å². The summed E-state index contributed by atoms with van der Waals surface area (Å²) >= 11 is 0. The molecule has 0 fully saturated rings. The van der Waals surface area contributed by atoms with E-state index in [9.17, 15) is 8.78 Å². The minimum atomic E-state index is -1.64. The first-order valence-corrected chi connectivity index (χ1v) is 5.02. The minimum Gasteiger partial charge on any atom is -0.394 e. The Hall–Kier alpha value is -1.75. The third-order valence-electron chi connectivity index (χ3n) is 2.47. The molecule has 4 N–H and O–H groups in total. The Balaban J connectivity index is 3.15. The first-order valence-electron chi connectivity index (χ1n) is 5.02. The second-order valence-corrected chi connectivity index (χ2v) is 3.81. The molecule has 0 amide bonds. The van der Waals surface area contributed by atoms with Crippen molar-refractivity contribution < 1.29 is 24.1 Å². The first kappa shape index (κ1) is 14.3. The number of nitriles is 1. The summed E-state index contributed by atoms with van der Waals surface area (Å²) in [5, 5.41) is 37.9. The summed E-state index contributed by atoms with van der Waals surface area (Å²) in [4.78, 5) is 0. The molecule has 0 bridgehead atoms. The molecule has 0 saturated heterocycles. The molecule has 0 heterocycles. The third-order valence-corrected chi connectivity index (χ3v) is 2.47. The van der Waals surface area contributed by atoms with Crippen LogP contribution in [0.15, 0.2) is 12.1 Å². The van der Waals surface area contributed by atoms with E-state index in [4.69, 9.17) is 20.6 Å².